The summed E-state index contributed by atoms with van der Waals surface area (Å²) in [6.07, 6.45) is 0. The first-order chi connectivity index (χ1) is 12.2. The third-order valence-corrected chi connectivity index (χ3v) is 5.77. The maximum atomic E-state index is 12.4. The van der Waals surface area contributed by atoms with Crippen molar-refractivity contribution < 1.29 is 9.53 Å². The lowest BCUT2D eigenvalue weighted by Gasteiger charge is -2.13. The Morgan fingerprint density at radius 3 is 2.96 bits per heavy atom. The minimum absolute atomic E-state index is 0.0174. The van der Waals surface area contributed by atoms with Crippen LogP contribution in [0.1, 0.15) is 11.8 Å². The molecule has 2 heterocycles. The molecule has 1 amide bonds. The lowest BCUT2D eigenvalue weighted by Crippen LogP contribution is -2.30. The molecular formula is C18H21N3O2S2. The summed E-state index contributed by atoms with van der Waals surface area (Å²) >= 11 is 3.12. The van der Waals surface area contributed by atoms with Gasteiger partial charge in [0.1, 0.15) is 0 Å². The summed E-state index contributed by atoms with van der Waals surface area (Å²) in [6.45, 7) is 3.80. The van der Waals surface area contributed by atoms with E-state index in [1.165, 1.54) is 11.8 Å². The molecule has 2 aromatic heterocycles. The van der Waals surface area contributed by atoms with Crippen molar-refractivity contribution in [3.63, 3.8) is 0 Å². The molecule has 25 heavy (non-hydrogen) atoms. The van der Waals surface area contributed by atoms with E-state index in [9.17, 15) is 4.79 Å². The normalized spacial score (nSPS) is 12.4. The van der Waals surface area contributed by atoms with Gasteiger partial charge >= 0.3 is 0 Å². The van der Waals surface area contributed by atoms with Gasteiger partial charge in [0.05, 0.1) is 29.4 Å². The minimum Gasteiger partial charge on any atom is -0.383 e. The molecule has 0 radical (unpaired) electrons. The molecule has 1 unspecified atom stereocenters. The predicted molar refractivity (Wildman–Crippen MR) is 103 cm³/mol. The number of thioether (sulfide) groups is 1. The fourth-order valence-corrected chi connectivity index (χ4v) is 4.10. The molecule has 0 aliphatic carbocycles. The molecular weight excluding hydrogens is 354 g/mol. The molecule has 3 aromatic rings. The Morgan fingerprint density at radius 1 is 1.36 bits per heavy atom. The smallest absolute Gasteiger partial charge is 0.233 e. The number of benzene rings is 1. The van der Waals surface area contributed by atoms with Gasteiger partial charge in [0.15, 0.2) is 5.16 Å². The molecule has 0 fully saturated rings. The molecule has 1 N–H and O–H groups in total. The Bertz CT molecular complexity index is 830. The number of thiophene rings is 1. The SMILES string of the molecule is COCCn1c(SC(C)C(=O)NCc2cccs2)nc2ccccc21. The lowest BCUT2D eigenvalue weighted by atomic mass is 10.3. The number of carbonyl (C=O) groups is 1. The summed E-state index contributed by atoms with van der Waals surface area (Å²) in [5.74, 6) is 0.0174. The van der Waals surface area contributed by atoms with E-state index >= 15 is 0 Å². The first-order valence-corrected chi connectivity index (χ1v) is 9.86. The minimum atomic E-state index is -0.224. The number of nitrogens with one attached hydrogen (secondary N) is 1. The lowest BCUT2D eigenvalue weighted by molar-refractivity contribution is -0.120. The van der Waals surface area contributed by atoms with Gasteiger partial charge in [0, 0.05) is 18.5 Å². The summed E-state index contributed by atoms with van der Waals surface area (Å²) in [4.78, 5) is 18.2. The molecule has 5 nitrogen and oxygen atoms in total. The zero-order valence-electron chi connectivity index (χ0n) is 14.3. The fourth-order valence-electron chi connectivity index (χ4n) is 2.48. The third-order valence-electron chi connectivity index (χ3n) is 3.81. The molecule has 132 valence electrons. The van der Waals surface area contributed by atoms with E-state index in [4.69, 9.17) is 9.72 Å². The third kappa shape index (κ3) is 4.42. The van der Waals surface area contributed by atoms with Crippen LogP contribution in [0.4, 0.5) is 0 Å². The topological polar surface area (TPSA) is 56.1 Å². The maximum Gasteiger partial charge on any atom is 0.233 e. The number of hydrogen-bond acceptors (Lipinski definition) is 5. The maximum absolute atomic E-state index is 12.4. The van der Waals surface area contributed by atoms with E-state index in [2.05, 4.69) is 9.88 Å². The monoisotopic (exact) mass is 375 g/mol. The van der Waals surface area contributed by atoms with E-state index in [1.54, 1.807) is 18.4 Å². The standard InChI is InChI=1S/C18H21N3O2S2/c1-13(17(22)19-12-14-6-5-11-24-14)25-18-20-15-7-3-4-8-16(15)21(18)9-10-23-2/h3-8,11,13H,9-10,12H2,1-2H3,(H,19,22). The van der Waals surface area contributed by atoms with Gasteiger partial charge in [0.2, 0.25) is 5.91 Å². The van der Waals surface area contributed by atoms with Crippen LogP contribution < -0.4 is 5.32 Å². The highest BCUT2D eigenvalue weighted by Gasteiger charge is 2.19. The summed E-state index contributed by atoms with van der Waals surface area (Å²) < 4.78 is 7.33. The van der Waals surface area contributed by atoms with Gasteiger partial charge in [-0.1, -0.05) is 30.0 Å². The number of carbonyl (C=O) groups excluding carboxylic acids is 1. The highest BCUT2D eigenvalue weighted by molar-refractivity contribution is 8.00. The zero-order valence-corrected chi connectivity index (χ0v) is 15.9. The number of fused-ring (bicyclic) bond motifs is 1. The van der Waals surface area contributed by atoms with Crippen molar-refractivity contribution in [1.82, 2.24) is 14.9 Å². The van der Waals surface area contributed by atoms with E-state index in [0.717, 1.165) is 21.1 Å². The summed E-state index contributed by atoms with van der Waals surface area (Å²) in [5, 5.41) is 5.62. The van der Waals surface area contributed by atoms with Crippen molar-refractivity contribution in [1.29, 1.82) is 0 Å². The highest BCUT2D eigenvalue weighted by atomic mass is 32.2. The Labute approximate surface area is 155 Å². The Hall–Kier alpha value is -1.83. The fraction of sp³-hybridized carbons (Fsp3) is 0.333. The van der Waals surface area contributed by atoms with Crippen molar-refractivity contribution in [2.24, 2.45) is 0 Å². The van der Waals surface area contributed by atoms with E-state index in [1.807, 2.05) is 48.7 Å². The molecule has 1 atom stereocenters. The van der Waals surface area contributed by atoms with Gasteiger partial charge in [-0.15, -0.1) is 11.3 Å². The van der Waals surface area contributed by atoms with Crippen LogP contribution in [0.2, 0.25) is 0 Å². The number of aromatic nitrogens is 2. The molecule has 0 bridgehead atoms. The average Bonchev–Trinajstić information content (AvgIpc) is 3.25. The zero-order chi connectivity index (χ0) is 17.6. The quantitative estimate of drug-likeness (QED) is 0.612. The van der Waals surface area contributed by atoms with Crippen LogP contribution in [0, 0.1) is 0 Å². The van der Waals surface area contributed by atoms with Gasteiger partial charge < -0.3 is 14.6 Å². The van der Waals surface area contributed by atoms with E-state index < -0.39 is 0 Å². The number of imidazole rings is 1. The molecule has 0 spiro atoms. The number of ether oxygens (including phenoxy) is 1. The van der Waals surface area contributed by atoms with Crippen molar-refractivity contribution in [2.75, 3.05) is 13.7 Å². The van der Waals surface area contributed by atoms with Crippen LogP contribution in [-0.4, -0.2) is 34.4 Å². The van der Waals surface area contributed by atoms with Gasteiger partial charge in [-0.05, 0) is 30.5 Å². The van der Waals surface area contributed by atoms with Crippen LogP contribution >= 0.6 is 23.1 Å². The molecule has 0 saturated heterocycles. The molecule has 0 aliphatic rings. The first kappa shape index (κ1) is 18.0. The van der Waals surface area contributed by atoms with Crippen LogP contribution in [0.15, 0.2) is 46.9 Å². The second-order valence-corrected chi connectivity index (χ2v) is 7.92. The predicted octanol–water partition coefficient (Wildman–Crippen LogP) is 3.54. The number of para-hydroxylation sites is 2. The summed E-state index contributed by atoms with van der Waals surface area (Å²) in [6, 6.07) is 12.0. The molecule has 0 saturated carbocycles. The van der Waals surface area contributed by atoms with Crippen molar-refractivity contribution in [3.05, 3.63) is 46.7 Å². The van der Waals surface area contributed by atoms with Gasteiger partial charge in [-0.2, -0.15) is 0 Å². The second kappa shape index (κ2) is 8.51. The van der Waals surface area contributed by atoms with Gasteiger partial charge in [0.25, 0.3) is 0 Å². The summed E-state index contributed by atoms with van der Waals surface area (Å²) in [7, 11) is 1.69. The van der Waals surface area contributed by atoms with Crippen LogP contribution in [0.3, 0.4) is 0 Å². The number of rotatable bonds is 8. The van der Waals surface area contributed by atoms with Crippen LogP contribution in [-0.2, 0) is 22.6 Å². The largest absolute Gasteiger partial charge is 0.383 e. The number of hydrogen-bond donors (Lipinski definition) is 1. The van der Waals surface area contributed by atoms with Crippen LogP contribution in [0.25, 0.3) is 11.0 Å². The number of nitrogens with zero attached hydrogens (tertiary/aromatic N) is 2. The van der Waals surface area contributed by atoms with Crippen molar-refractivity contribution in [3.8, 4) is 0 Å². The second-order valence-electron chi connectivity index (χ2n) is 5.58. The molecule has 0 aliphatic heterocycles. The average molecular weight is 376 g/mol. The van der Waals surface area contributed by atoms with Crippen molar-refractivity contribution in [2.45, 2.75) is 30.4 Å². The molecule has 1 aromatic carbocycles. The highest BCUT2D eigenvalue weighted by Crippen LogP contribution is 2.27. The number of methoxy groups -OCH3 is 1. The van der Waals surface area contributed by atoms with E-state index in [0.29, 0.717) is 19.7 Å². The Kier molecular flexibility index (Phi) is 6.12. The molecule has 3 rings (SSSR count). The molecule has 7 heteroatoms. The van der Waals surface area contributed by atoms with Crippen molar-refractivity contribution >= 4 is 40.0 Å². The van der Waals surface area contributed by atoms with Gasteiger partial charge in [-0.25, -0.2) is 4.98 Å². The summed E-state index contributed by atoms with van der Waals surface area (Å²) in [5.41, 5.74) is 2.00. The van der Waals surface area contributed by atoms with E-state index in [-0.39, 0.29) is 11.2 Å². The van der Waals surface area contributed by atoms with Crippen LogP contribution in [0.5, 0.6) is 0 Å². The Balaban J connectivity index is 1.71. The van der Waals surface area contributed by atoms with Gasteiger partial charge in [-0.3, -0.25) is 4.79 Å². The first-order valence-electron chi connectivity index (χ1n) is 8.10. The number of amides is 1. The Morgan fingerprint density at radius 2 is 2.20 bits per heavy atom.